The number of rotatable bonds is 6. The molecule has 0 spiro atoms. The molecule has 0 aliphatic carbocycles. The number of hydrogen-bond donors (Lipinski definition) is 1. The van der Waals surface area contributed by atoms with E-state index in [0.29, 0.717) is 0 Å². The van der Waals surface area contributed by atoms with Gasteiger partial charge in [-0.3, -0.25) is 9.69 Å². The van der Waals surface area contributed by atoms with Gasteiger partial charge in [-0.25, -0.2) is 0 Å². The first-order chi connectivity index (χ1) is 7.75. The molecule has 1 atom stereocenters. The zero-order valence-corrected chi connectivity index (χ0v) is 11.0. The molecule has 1 rings (SSSR count). The van der Waals surface area contributed by atoms with E-state index < -0.39 is 5.97 Å². The van der Waals surface area contributed by atoms with E-state index in [4.69, 9.17) is 0 Å². The van der Waals surface area contributed by atoms with Gasteiger partial charge >= 0.3 is 5.97 Å². The van der Waals surface area contributed by atoms with Crippen LogP contribution in [0, 0.1) is 0 Å². The Kier molecular flexibility index (Phi) is 6.88. The van der Waals surface area contributed by atoms with Crippen LogP contribution >= 0.6 is 11.8 Å². The van der Waals surface area contributed by atoms with Gasteiger partial charge in [-0.15, -0.1) is 0 Å². The summed E-state index contributed by atoms with van der Waals surface area (Å²) in [4.78, 5) is 13.4. The monoisotopic (exact) mass is 245 g/mol. The van der Waals surface area contributed by atoms with Crippen molar-refractivity contribution >= 4 is 17.7 Å². The zero-order chi connectivity index (χ0) is 11.8. The summed E-state index contributed by atoms with van der Waals surface area (Å²) < 4.78 is 0. The predicted octanol–water partition coefficient (Wildman–Crippen LogP) is 2.46. The highest BCUT2D eigenvalue weighted by Gasteiger charge is 2.25. The average Bonchev–Trinajstić information content (AvgIpc) is 2.52. The van der Waals surface area contributed by atoms with E-state index >= 15 is 0 Å². The van der Waals surface area contributed by atoms with Crippen LogP contribution in [0.4, 0.5) is 0 Å². The number of carboxylic acid groups (broad SMARTS) is 1. The van der Waals surface area contributed by atoms with Gasteiger partial charge in [-0.1, -0.05) is 19.8 Å². The zero-order valence-electron chi connectivity index (χ0n) is 10.2. The molecule has 1 aliphatic heterocycles. The van der Waals surface area contributed by atoms with Gasteiger partial charge in [0.15, 0.2) is 0 Å². The Hall–Kier alpha value is -0.220. The number of carbonyl (C=O) groups is 1. The van der Waals surface area contributed by atoms with Crippen molar-refractivity contribution in [1.82, 2.24) is 4.90 Å². The van der Waals surface area contributed by atoms with Gasteiger partial charge in [-0.2, -0.15) is 11.8 Å². The minimum Gasteiger partial charge on any atom is -0.480 e. The number of nitrogens with zero attached hydrogens (tertiary/aromatic N) is 1. The first-order valence-electron chi connectivity index (χ1n) is 6.30. The highest BCUT2D eigenvalue weighted by atomic mass is 32.2. The molecule has 1 aliphatic rings. The minimum absolute atomic E-state index is 0.253. The molecule has 4 heteroatoms. The topological polar surface area (TPSA) is 40.5 Å². The molecule has 1 fully saturated rings. The molecule has 1 heterocycles. The van der Waals surface area contributed by atoms with Crippen LogP contribution in [-0.4, -0.2) is 46.6 Å². The molecule has 0 aromatic rings. The summed E-state index contributed by atoms with van der Waals surface area (Å²) in [6.45, 7) is 4.05. The third-order valence-electron chi connectivity index (χ3n) is 3.11. The van der Waals surface area contributed by atoms with Crippen LogP contribution in [-0.2, 0) is 4.79 Å². The van der Waals surface area contributed by atoms with Crippen LogP contribution in [0.25, 0.3) is 0 Å². The highest BCUT2D eigenvalue weighted by molar-refractivity contribution is 7.99. The van der Waals surface area contributed by atoms with Crippen LogP contribution in [0.5, 0.6) is 0 Å². The van der Waals surface area contributed by atoms with E-state index in [9.17, 15) is 9.90 Å². The maximum atomic E-state index is 11.3. The summed E-state index contributed by atoms with van der Waals surface area (Å²) in [5.41, 5.74) is 0. The van der Waals surface area contributed by atoms with Crippen molar-refractivity contribution in [2.45, 2.75) is 45.1 Å². The SMILES string of the molecule is CCSCCC(C(=O)O)N1CCCCCC1. The maximum Gasteiger partial charge on any atom is 0.320 e. The fourth-order valence-corrected chi connectivity index (χ4v) is 2.89. The van der Waals surface area contributed by atoms with E-state index in [2.05, 4.69) is 11.8 Å². The molecular formula is C12H23NO2S. The van der Waals surface area contributed by atoms with Gasteiger partial charge < -0.3 is 5.11 Å². The third kappa shape index (κ3) is 4.74. The smallest absolute Gasteiger partial charge is 0.320 e. The largest absolute Gasteiger partial charge is 0.480 e. The number of aliphatic carboxylic acids is 1. The van der Waals surface area contributed by atoms with Crippen molar-refractivity contribution < 1.29 is 9.90 Å². The van der Waals surface area contributed by atoms with Gasteiger partial charge in [0.05, 0.1) is 0 Å². The molecule has 0 aromatic heterocycles. The Bertz CT molecular complexity index is 203. The average molecular weight is 245 g/mol. The number of likely N-dealkylation sites (tertiary alicyclic amines) is 1. The normalized spacial score (nSPS) is 20.3. The fourth-order valence-electron chi connectivity index (χ4n) is 2.21. The third-order valence-corrected chi connectivity index (χ3v) is 4.04. The standard InChI is InChI=1S/C12H23NO2S/c1-2-16-10-7-11(12(14)15)13-8-5-3-4-6-9-13/h11H,2-10H2,1H3,(H,14,15). The molecule has 3 nitrogen and oxygen atoms in total. The predicted molar refractivity (Wildman–Crippen MR) is 69.1 cm³/mol. The molecule has 1 N–H and O–H groups in total. The van der Waals surface area contributed by atoms with Crippen molar-refractivity contribution in [1.29, 1.82) is 0 Å². The van der Waals surface area contributed by atoms with Crippen LogP contribution in [0.2, 0.25) is 0 Å². The second-order valence-electron chi connectivity index (χ2n) is 4.29. The van der Waals surface area contributed by atoms with Crippen LogP contribution in [0.15, 0.2) is 0 Å². The van der Waals surface area contributed by atoms with E-state index in [1.807, 2.05) is 11.8 Å². The lowest BCUT2D eigenvalue weighted by molar-refractivity contribution is -0.143. The first kappa shape index (κ1) is 13.8. The van der Waals surface area contributed by atoms with Gasteiger partial charge in [0.2, 0.25) is 0 Å². The molecule has 0 radical (unpaired) electrons. The highest BCUT2D eigenvalue weighted by Crippen LogP contribution is 2.16. The quantitative estimate of drug-likeness (QED) is 0.730. The van der Waals surface area contributed by atoms with Gasteiger partial charge in [0.1, 0.15) is 6.04 Å². The van der Waals surface area contributed by atoms with Crippen LogP contribution < -0.4 is 0 Å². The van der Waals surface area contributed by atoms with Gasteiger partial charge in [-0.05, 0) is 43.9 Å². The van der Waals surface area contributed by atoms with Crippen molar-refractivity contribution in [3.63, 3.8) is 0 Å². The Morgan fingerprint density at radius 3 is 2.44 bits per heavy atom. The summed E-state index contributed by atoms with van der Waals surface area (Å²) in [7, 11) is 0. The molecule has 0 aromatic carbocycles. The molecule has 16 heavy (non-hydrogen) atoms. The van der Waals surface area contributed by atoms with E-state index in [-0.39, 0.29) is 6.04 Å². The second-order valence-corrected chi connectivity index (χ2v) is 5.68. The summed E-state index contributed by atoms with van der Waals surface area (Å²) in [6.07, 6.45) is 5.61. The fraction of sp³-hybridized carbons (Fsp3) is 0.917. The van der Waals surface area contributed by atoms with Crippen molar-refractivity contribution in [2.75, 3.05) is 24.6 Å². The Morgan fingerprint density at radius 2 is 1.94 bits per heavy atom. The number of thioether (sulfide) groups is 1. The minimum atomic E-state index is -0.640. The van der Waals surface area contributed by atoms with Gasteiger partial charge in [0.25, 0.3) is 0 Å². The Labute approximate surface area is 103 Å². The molecule has 1 unspecified atom stereocenters. The number of hydrogen-bond acceptors (Lipinski definition) is 3. The number of carboxylic acids is 1. The summed E-state index contributed by atoms with van der Waals surface area (Å²) in [5.74, 6) is 1.40. The second kappa shape index (κ2) is 7.96. The van der Waals surface area contributed by atoms with E-state index in [0.717, 1.165) is 43.9 Å². The maximum absolute atomic E-state index is 11.3. The molecular weight excluding hydrogens is 222 g/mol. The Morgan fingerprint density at radius 1 is 1.31 bits per heavy atom. The van der Waals surface area contributed by atoms with E-state index in [1.165, 1.54) is 12.8 Å². The molecule has 1 saturated heterocycles. The lowest BCUT2D eigenvalue weighted by atomic mass is 10.2. The van der Waals surface area contributed by atoms with Crippen molar-refractivity contribution in [3.05, 3.63) is 0 Å². The van der Waals surface area contributed by atoms with Crippen molar-refractivity contribution in [3.8, 4) is 0 Å². The first-order valence-corrected chi connectivity index (χ1v) is 7.45. The molecule has 94 valence electrons. The van der Waals surface area contributed by atoms with E-state index in [1.54, 1.807) is 0 Å². The summed E-state index contributed by atoms with van der Waals surface area (Å²) in [5, 5.41) is 9.27. The van der Waals surface area contributed by atoms with Crippen LogP contribution in [0.3, 0.4) is 0 Å². The van der Waals surface area contributed by atoms with Crippen LogP contribution in [0.1, 0.15) is 39.0 Å². The lowest BCUT2D eigenvalue weighted by Crippen LogP contribution is -2.42. The van der Waals surface area contributed by atoms with Crippen molar-refractivity contribution in [2.24, 2.45) is 0 Å². The molecule has 0 bridgehead atoms. The summed E-state index contributed by atoms with van der Waals surface area (Å²) >= 11 is 1.83. The Balaban J connectivity index is 2.43. The molecule has 0 amide bonds. The lowest BCUT2D eigenvalue weighted by Gasteiger charge is -2.27. The molecule has 0 saturated carbocycles. The van der Waals surface area contributed by atoms with Gasteiger partial charge in [0, 0.05) is 0 Å². The summed E-state index contributed by atoms with van der Waals surface area (Å²) in [6, 6.07) is -0.253.